The lowest BCUT2D eigenvalue weighted by Crippen LogP contribution is -2.44. The average molecular weight is 501 g/mol. The molecule has 5 rings (SSSR count). The predicted octanol–water partition coefficient (Wildman–Crippen LogP) is 4.88. The SMILES string of the molecule is CCOCc1nc2c(-c3ccc(N4CCN(C)CC4)cc3)nc3ccccc3c2n1CCCCN(C)C. The normalized spacial score (nSPS) is 14.9. The molecule has 2 aromatic carbocycles. The van der Waals surface area contributed by atoms with Crippen molar-refractivity contribution in [2.45, 2.75) is 32.9 Å². The summed E-state index contributed by atoms with van der Waals surface area (Å²) in [4.78, 5) is 17.4. The van der Waals surface area contributed by atoms with Gasteiger partial charge in [0.1, 0.15) is 17.9 Å². The molecule has 1 saturated heterocycles. The number of hydrogen-bond acceptors (Lipinski definition) is 6. The summed E-state index contributed by atoms with van der Waals surface area (Å²) in [5.41, 5.74) is 6.47. The van der Waals surface area contributed by atoms with E-state index in [0.29, 0.717) is 13.2 Å². The van der Waals surface area contributed by atoms with Crippen molar-refractivity contribution in [3.8, 4) is 11.3 Å². The van der Waals surface area contributed by atoms with Gasteiger partial charge in [0.05, 0.1) is 16.7 Å². The molecular formula is C30H40N6O. The van der Waals surface area contributed by atoms with Gasteiger partial charge in [0, 0.05) is 56.0 Å². The van der Waals surface area contributed by atoms with Gasteiger partial charge in [0.15, 0.2) is 0 Å². The van der Waals surface area contributed by atoms with Crippen LogP contribution in [0.4, 0.5) is 5.69 Å². The molecule has 0 saturated carbocycles. The van der Waals surface area contributed by atoms with E-state index in [1.54, 1.807) is 0 Å². The molecule has 7 nitrogen and oxygen atoms in total. The summed E-state index contributed by atoms with van der Waals surface area (Å²) in [6, 6.07) is 17.4. The second kappa shape index (κ2) is 11.6. The van der Waals surface area contributed by atoms with Crippen LogP contribution in [0.25, 0.3) is 33.2 Å². The van der Waals surface area contributed by atoms with Crippen LogP contribution in [0.5, 0.6) is 0 Å². The third-order valence-corrected chi connectivity index (χ3v) is 7.34. The number of hydrogen-bond donors (Lipinski definition) is 0. The lowest BCUT2D eigenvalue weighted by molar-refractivity contribution is 0.126. The standard InChI is InChI=1S/C30H40N6O/c1-5-37-22-27-32-29-28(23-12-14-24(15-13-23)35-20-18-34(4)19-21-35)31-26-11-7-6-10-25(26)30(29)36(27)17-9-8-16-33(2)3/h6-7,10-15H,5,8-9,16-22H2,1-4H3. The number of imidazole rings is 1. The minimum Gasteiger partial charge on any atom is -0.374 e. The first-order chi connectivity index (χ1) is 18.0. The van der Waals surface area contributed by atoms with Crippen molar-refractivity contribution in [2.24, 2.45) is 0 Å². The Balaban J connectivity index is 1.56. The molecule has 0 aliphatic carbocycles. The average Bonchev–Trinajstić information content (AvgIpc) is 3.28. The highest BCUT2D eigenvalue weighted by Crippen LogP contribution is 2.34. The molecule has 0 atom stereocenters. The number of benzene rings is 2. The molecule has 0 radical (unpaired) electrons. The molecule has 37 heavy (non-hydrogen) atoms. The zero-order valence-electron chi connectivity index (χ0n) is 22.8. The molecule has 196 valence electrons. The maximum absolute atomic E-state index is 5.86. The van der Waals surface area contributed by atoms with E-state index in [1.165, 1.54) is 11.2 Å². The van der Waals surface area contributed by atoms with Gasteiger partial charge in [-0.2, -0.15) is 0 Å². The second-order valence-corrected chi connectivity index (χ2v) is 10.3. The molecular weight excluding hydrogens is 460 g/mol. The Labute approximate surface area is 220 Å². The summed E-state index contributed by atoms with van der Waals surface area (Å²) >= 11 is 0. The first-order valence-electron chi connectivity index (χ1n) is 13.6. The van der Waals surface area contributed by atoms with E-state index in [1.807, 2.05) is 6.92 Å². The molecule has 7 heteroatoms. The molecule has 1 aliphatic heterocycles. The number of piperazine rings is 1. The van der Waals surface area contributed by atoms with Crippen LogP contribution in [0.2, 0.25) is 0 Å². The van der Waals surface area contributed by atoms with Crippen molar-refractivity contribution in [1.82, 2.24) is 24.3 Å². The highest BCUT2D eigenvalue weighted by atomic mass is 16.5. The fourth-order valence-corrected chi connectivity index (χ4v) is 5.22. The number of fused-ring (bicyclic) bond motifs is 3. The van der Waals surface area contributed by atoms with Crippen molar-refractivity contribution in [1.29, 1.82) is 0 Å². The van der Waals surface area contributed by atoms with Crippen LogP contribution >= 0.6 is 0 Å². The summed E-state index contributed by atoms with van der Waals surface area (Å²) in [7, 11) is 6.46. The Hall–Kier alpha value is -3.00. The number of pyridine rings is 1. The largest absolute Gasteiger partial charge is 0.374 e. The summed E-state index contributed by atoms with van der Waals surface area (Å²) in [5.74, 6) is 0.982. The van der Waals surface area contributed by atoms with Gasteiger partial charge in [-0.25, -0.2) is 9.97 Å². The molecule has 4 aromatic rings. The van der Waals surface area contributed by atoms with Crippen LogP contribution in [0.3, 0.4) is 0 Å². The first kappa shape index (κ1) is 25.6. The van der Waals surface area contributed by atoms with Crippen molar-refractivity contribution >= 4 is 27.6 Å². The van der Waals surface area contributed by atoms with E-state index in [0.717, 1.165) is 85.6 Å². The fourth-order valence-electron chi connectivity index (χ4n) is 5.22. The highest BCUT2D eigenvalue weighted by Gasteiger charge is 2.20. The van der Waals surface area contributed by atoms with Gasteiger partial charge < -0.3 is 24.0 Å². The number of rotatable bonds is 10. The van der Waals surface area contributed by atoms with E-state index < -0.39 is 0 Å². The lowest BCUT2D eigenvalue weighted by Gasteiger charge is -2.34. The van der Waals surface area contributed by atoms with Gasteiger partial charge >= 0.3 is 0 Å². The second-order valence-electron chi connectivity index (χ2n) is 10.3. The summed E-state index contributed by atoms with van der Waals surface area (Å²) in [6.45, 7) is 9.54. The van der Waals surface area contributed by atoms with Crippen LogP contribution in [0, 0.1) is 0 Å². The maximum atomic E-state index is 5.86. The smallest absolute Gasteiger partial charge is 0.136 e. The van der Waals surface area contributed by atoms with E-state index >= 15 is 0 Å². The van der Waals surface area contributed by atoms with Gasteiger partial charge in [0.2, 0.25) is 0 Å². The monoisotopic (exact) mass is 500 g/mol. The zero-order valence-corrected chi connectivity index (χ0v) is 22.8. The zero-order chi connectivity index (χ0) is 25.8. The van der Waals surface area contributed by atoms with Crippen molar-refractivity contribution in [2.75, 3.05) is 65.4 Å². The first-order valence-corrected chi connectivity index (χ1v) is 13.6. The van der Waals surface area contributed by atoms with E-state index in [4.69, 9.17) is 14.7 Å². The van der Waals surface area contributed by atoms with Crippen LogP contribution in [-0.2, 0) is 17.9 Å². The minimum atomic E-state index is 0.509. The van der Waals surface area contributed by atoms with Gasteiger partial charge in [-0.3, -0.25) is 0 Å². The van der Waals surface area contributed by atoms with Gasteiger partial charge in [0.25, 0.3) is 0 Å². The van der Waals surface area contributed by atoms with E-state index in [-0.39, 0.29) is 0 Å². The topological polar surface area (TPSA) is 49.7 Å². The molecule has 2 aromatic heterocycles. The van der Waals surface area contributed by atoms with Crippen molar-refractivity contribution in [3.63, 3.8) is 0 Å². The lowest BCUT2D eigenvalue weighted by atomic mass is 10.1. The number of nitrogens with zero attached hydrogens (tertiary/aromatic N) is 6. The number of aromatic nitrogens is 3. The number of aryl methyl sites for hydroxylation is 1. The molecule has 1 aliphatic rings. The summed E-state index contributed by atoms with van der Waals surface area (Å²) in [5, 5.41) is 1.15. The molecule has 1 fully saturated rings. The maximum Gasteiger partial charge on any atom is 0.136 e. The summed E-state index contributed by atoms with van der Waals surface area (Å²) in [6.07, 6.45) is 2.23. The molecule has 0 unspecified atom stereocenters. The fraction of sp³-hybridized carbons (Fsp3) is 0.467. The van der Waals surface area contributed by atoms with Gasteiger partial charge in [-0.15, -0.1) is 0 Å². The van der Waals surface area contributed by atoms with Crippen LogP contribution < -0.4 is 4.90 Å². The Bertz CT molecular complexity index is 1320. The van der Waals surface area contributed by atoms with E-state index in [9.17, 15) is 0 Å². The quantitative estimate of drug-likeness (QED) is 0.289. The Morgan fingerprint density at radius 3 is 2.41 bits per heavy atom. The van der Waals surface area contributed by atoms with Gasteiger partial charge in [-0.1, -0.05) is 30.3 Å². The highest BCUT2D eigenvalue weighted by molar-refractivity contribution is 6.08. The Kier molecular flexibility index (Phi) is 8.03. The van der Waals surface area contributed by atoms with E-state index in [2.05, 4.69) is 88.9 Å². The predicted molar refractivity (Wildman–Crippen MR) is 153 cm³/mol. The molecule has 0 spiro atoms. The third-order valence-electron chi connectivity index (χ3n) is 7.34. The number of unbranched alkanes of at least 4 members (excludes halogenated alkanes) is 1. The molecule has 0 N–H and O–H groups in total. The van der Waals surface area contributed by atoms with Crippen LogP contribution in [0.1, 0.15) is 25.6 Å². The number of ether oxygens (including phenoxy) is 1. The van der Waals surface area contributed by atoms with Crippen molar-refractivity contribution in [3.05, 3.63) is 54.4 Å². The Morgan fingerprint density at radius 1 is 0.919 bits per heavy atom. The van der Waals surface area contributed by atoms with Crippen molar-refractivity contribution < 1.29 is 4.74 Å². The minimum absolute atomic E-state index is 0.509. The number of para-hydroxylation sites is 1. The number of anilines is 1. The third kappa shape index (κ3) is 5.64. The van der Waals surface area contributed by atoms with Crippen LogP contribution in [0.15, 0.2) is 48.5 Å². The Morgan fingerprint density at radius 2 is 1.68 bits per heavy atom. The van der Waals surface area contributed by atoms with Gasteiger partial charge in [-0.05, 0) is 65.7 Å². The summed E-state index contributed by atoms with van der Waals surface area (Å²) < 4.78 is 8.24. The number of likely N-dealkylation sites (N-methyl/N-ethyl adjacent to an activating group) is 1. The molecule has 0 bridgehead atoms. The molecule has 3 heterocycles. The van der Waals surface area contributed by atoms with Crippen LogP contribution in [-0.4, -0.2) is 84.8 Å². The molecule has 0 amide bonds.